The quantitative estimate of drug-likeness (QED) is 0.484. The van der Waals surface area contributed by atoms with Crippen LogP contribution in [0.25, 0.3) is 0 Å². The Labute approximate surface area is 91.4 Å². The van der Waals surface area contributed by atoms with Crippen molar-refractivity contribution in [1.82, 2.24) is 5.32 Å². The van der Waals surface area contributed by atoms with Gasteiger partial charge in [-0.05, 0) is 19.4 Å². The number of carboxylic acids is 3. The van der Waals surface area contributed by atoms with Gasteiger partial charge in [0.25, 0.3) is 0 Å². The number of hydrogen-bond acceptors (Lipinski definition) is 4. The van der Waals surface area contributed by atoms with Gasteiger partial charge in [0.05, 0.1) is 0 Å². The van der Waals surface area contributed by atoms with Crippen molar-refractivity contribution in [2.45, 2.75) is 18.9 Å². The Morgan fingerprint density at radius 2 is 1.56 bits per heavy atom. The monoisotopic (exact) mass is 231 g/mol. The van der Waals surface area contributed by atoms with E-state index in [9.17, 15) is 14.4 Å². The van der Waals surface area contributed by atoms with Gasteiger partial charge in [0.2, 0.25) is 0 Å². The topological polar surface area (TPSA) is 124 Å². The molecule has 0 bridgehead atoms. The average Bonchev–Trinajstić information content (AvgIpc) is 2.68. The van der Waals surface area contributed by atoms with Gasteiger partial charge in [0, 0.05) is 12.2 Å². The van der Waals surface area contributed by atoms with Crippen LogP contribution in [0.4, 0.5) is 0 Å². The second kappa shape index (κ2) is 7.41. The van der Waals surface area contributed by atoms with Crippen molar-refractivity contribution in [1.29, 1.82) is 0 Å². The summed E-state index contributed by atoms with van der Waals surface area (Å²) in [7, 11) is 0. The summed E-state index contributed by atoms with van der Waals surface area (Å²) in [6.45, 7) is 0.858. The van der Waals surface area contributed by atoms with E-state index >= 15 is 0 Å². The summed E-state index contributed by atoms with van der Waals surface area (Å²) in [5.74, 6) is -3.23. The highest BCUT2D eigenvalue weighted by atomic mass is 16.4. The van der Waals surface area contributed by atoms with Crippen molar-refractivity contribution in [3.05, 3.63) is 12.2 Å². The first-order chi connectivity index (χ1) is 7.43. The highest BCUT2D eigenvalue weighted by molar-refractivity contribution is 5.89. The van der Waals surface area contributed by atoms with Gasteiger partial charge in [-0.15, -0.1) is 0 Å². The Morgan fingerprint density at radius 3 is 1.75 bits per heavy atom. The number of carbonyl (C=O) groups is 3. The molecule has 7 heteroatoms. The zero-order chi connectivity index (χ0) is 12.6. The molecule has 0 aromatic carbocycles. The van der Waals surface area contributed by atoms with E-state index in [4.69, 9.17) is 15.3 Å². The highest BCUT2D eigenvalue weighted by Crippen LogP contribution is 2.03. The molecule has 0 aliphatic carbocycles. The predicted octanol–water partition coefficient (Wildman–Crippen LogP) is -0.465. The summed E-state index contributed by atoms with van der Waals surface area (Å²) >= 11 is 0. The van der Waals surface area contributed by atoms with E-state index in [-0.39, 0.29) is 6.04 Å². The van der Waals surface area contributed by atoms with E-state index in [0.29, 0.717) is 12.2 Å². The van der Waals surface area contributed by atoms with Crippen LogP contribution in [0.15, 0.2) is 12.2 Å². The van der Waals surface area contributed by atoms with Crippen molar-refractivity contribution in [2.75, 3.05) is 6.54 Å². The van der Waals surface area contributed by atoms with Crippen LogP contribution in [0.2, 0.25) is 0 Å². The lowest BCUT2D eigenvalue weighted by molar-refractivity contribution is -0.139. The molecular weight excluding hydrogens is 218 g/mol. The van der Waals surface area contributed by atoms with Gasteiger partial charge in [-0.2, -0.15) is 0 Å². The second-order valence-corrected chi connectivity index (χ2v) is 3.00. The Kier molecular flexibility index (Phi) is 6.53. The van der Waals surface area contributed by atoms with E-state index in [1.807, 2.05) is 0 Å². The maximum atomic E-state index is 10.1. The Hall–Kier alpha value is -1.89. The van der Waals surface area contributed by atoms with Gasteiger partial charge in [-0.3, -0.25) is 4.79 Å². The summed E-state index contributed by atoms with van der Waals surface area (Å²) in [4.78, 5) is 29.2. The van der Waals surface area contributed by atoms with Gasteiger partial charge >= 0.3 is 17.9 Å². The fourth-order valence-electron chi connectivity index (χ4n) is 1.04. The highest BCUT2D eigenvalue weighted by Gasteiger charge is 2.20. The summed E-state index contributed by atoms with van der Waals surface area (Å²) in [6.07, 6.45) is 2.90. The Balaban J connectivity index is 0.000000281. The molecule has 0 radical (unpaired) electrons. The molecule has 0 saturated carbocycles. The Bertz CT molecular complexity index is 276. The van der Waals surface area contributed by atoms with Crippen LogP contribution >= 0.6 is 0 Å². The fraction of sp³-hybridized carbons (Fsp3) is 0.444. The van der Waals surface area contributed by atoms with Gasteiger partial charge in [0.15, 0.2) is 0 Å². The van der Waals surface area contributed by atoms with E-state index in [1.54, 1.807) is 0 Å². The van der Waals surface area contributed by atoms with Gasteiger partial charge in [-0.1, -0.05) is 0 Å². The molecule has 1 rings (SSSR count). The van der Waals surface area contributed by atoms with E-state index < -0.39 is 17.9 Å². The molecule has 0 spiro atoms. The minimum atomic E-state index is -1.26. The minimum absolute atomic E-state index is 0.269. The summed E-state index contributed by atoms with van der Waals surface area (Å²) < 4.78 is 0. The number of nitrogens with one attached hydrogen (secondary N) is 1. The predicted molar refractivity (Wildman–Crippen MR) is 53.1 cm³/mol. The third-order valence-electron chi connectivity index (χ3n) is 1.73. The van der Waals surface area contributed by atoms with Crippen molar-refractivity contribution in [2.24, 2.45) is 0 Å². The van der Waals surface area contributed by atoms with Crippen molar-refractivity contribution >= 4 is 17.9 Å². The molecule has 7 nitrogen and oxygen atoms in total. The SMILES string of the molecule is O=C(O)C=CC(=O)O.O=C(O)[C@@H]1CCCN1. The standard InChI is InChI=1S/C5H9NO2.C4H4O4/c7-5(8)4-2-1-3-6-4;5-3(6)1-2-4(7)8/h4,6H,1-3H2,(H,7,8);1-2H,(H,5,6)(H,7,8)/t4-;/m0./s1. The summed E-state index contributed by atoms with van der Waals surface area (Å²) in [6, 6.07) is -0.269. The zero-order valence-electron chi connectivity index (χ0n) is 8.42. The molecule has 0 amide bonds. The smallest absolute Gasteiger partial charge is 0.328 e. The fourth-order valence-corrected chi connectivity index (χ4v) is 1.04. The largest absolute Gasteiger partial charge is 0.480 e. The maximum Gasteiger partial charge on any atom is 0.328 e. The summed E-state index contributed by atoms with van der Waals surface area (Å²) in [5.41, 5.74) is 0. The van der Waals surface area contributed by atoms with E-state index in [0.717, 1.165) is 19.4 Å². The van der Waals surface area contributed by atoms with Gasteiger partial charge < -0.3 is 20.6 Å². The molecule has 1 aliphatic rings. The van der Waals surface area contributed by atoms with Crippen molar-refractivity contribution < 1.29 is 29.7 Å². The number of carboxylic acid groups (broad SMARTS) is 3. The number of hydrogen-bond donors (Lipinski definition) is 4. The third-order valence-corrected chi connectivity index (χ3v) is 1.73. The third kappa shape index (κ3) is 7.51. The molecule has 16 heavy (non-hydrogen) atoms. The number of aliphatic carboxylic acids is 3. The lowest BCUT2D eigenvalue weighted by Crippen LogP contribution is -2.29. The molecule has 1 atom stereocenters. The van der Waals surface area contributed by atoms with Gasteiger partial charge in [0.1, 0.15) is 6.04 Å². The van der Waals surface area contributed by atoms with Crippen LogP contribution in [-0.2, 0) is 14.4 Å². The second-order valence-electron chi connectivity index (χ2n) is 3.00. The molecular formula is C9H13NO6. The lowest BCUT2D eigenvalue weighted by Gasteiger charge is -1.99. The first-order valence-electron chi connectivity index (χ1n) is 4.53. The molecule has 1 fully saturated rings. The lowest BCUT2D eigenvalue weighted by atomic mass is 10.2. The molecule has 90 valence electrons. The van der Waals surface area contributed by atoms with Crippen molar-refractivity contribution in [3.63, 3.8) is 0 Å². The van der Waals surface area contributed by atoms with Crippen molar-refractivity contribution in [3.8, 4) is 0 Å². The van der Waals surface area contributed by atoms with Crippen LogP contribution in [0.1, 0.15) is 12.8 Å². The summed E-state index contributed by atoms with van der Waals surface area (Å²) in [5, 5.41) is 26.8. The molecule has 0 unspecified atom stereocenters. The average molecular weight is 231 g/mol. The van der Waals surface area contributed by atoms with Crippen LogP contribution in [0, 0.1) is 0 Å². The van der Waals surface area contributed by atoms with Crippen LogP contribution < -0.4 is 5.32 Å². The molecule has 1 saturated heterocycles. The van der Waals surface area contributed by atoms with E-state index in [1.165, 1.54) is 0 Å². The van der Waals surface area contributed by atoms with Crippen LogP contribution in [0.5, 0.6) is 0 Å². The normalized spacial score (nSPS) is 18.9. The first-order valence-corrected chi connectivity index (χ1v) is 4.53. The van der Waals surface area contributed by atoms with Crippen LogP contribution in [-0.4, -0.2) is 45.8 Å². The maximum absolute atomic E-state index is 10.1. The number of rotatable bonds is 3. The minimum Gasteiger partial charge on any atom is -0.480 e. The molecule has 1 heterocycles. The van der Waals surface area contributed by atoms with E-state index in [2.05, 4.69) is 5.32 Å². The molecule has 0 aromatic heterocycles. The Morgan fingerprint density at radius 1 is 1.06 bits per heavy atom. The molecule has 0 aromatic rings. The molecule has 1 aliphatic heterocycles. The van der Waals surface area contributed by atoms with Gasteiger partial charge in [-0.25, -0.2) is 9.59 Å². The zero-order valence-corrected chi connectivity index (χ0v) is 8.42. The molecule has 4 N–H and O–H groups in total. The van der Waals surface area contributed by atoms with Crippen LogP contribution in [0.3, 0.4) is 0 Å². The first kappa shape index (κ1) is 14.1.